The highest BCUT2D eigenvalue weighted by atomic mass is 16.2. The molecule has 3 amide bonds. The van der Waals surface area contributed by atoms with Crippen molar-refractivity contribution in [2.75, 3.05) is 7.05 Å². The summed E-state index contributed by atoms with van der Waals surface area (Å²) in [6.07, 6.45) is 0.750. The van der Waals surface area contributed by atoms with Crippen LogP contribution in [-0.4, -0.2) is 29.7 Å². The second kappa shape index (κ2) is 7.82. The van der Waals surface area contributed by atoms with Gasteiger partial charge in [0.1, 0.15) is 0 Å². The van der Waals surface area contributed by atoms with Crippen LogP contribution in [0.4, 0.5) is 0 Å². The molecular formula is C20H21N3O3. The highest BCUT2D eigenvalue weighted by molar-refractivity contribution is 5.95. The molecule has 6 nitrogen and oxygen atoms in total. The van der Waals surface area contributed by atoms with Crippen LogP contribution < -0.4 is 10.9 Å². The Labute approximate surface area is 152 Å². The minimum atomic E-state index is -0.434. The van der Waals surface area contributed by atoms with Crippen LogP contribution in [0.15, 0.2) is 60.7 Å². The van der Waals surface area contributed by atoms with Gasteiger partial charge in [-0.15, -0.1) is 0 Å². The van der Waals surface area contributed by atoms with E-state index in [1.165, 1.54) is 0 Å². The van der Waals surface area contributed by atoms with E-state index in [0.29, 0.717) is 18.4 Å². The molecule has 0 unspecified atom stereocenters. The second-order valence-electron chi connectivity index (χ2n) is 6.31. The number of hydrazine groups is 1. The van der Waals surface area contributed by atoms with Gasteiger partial charge in [-0.2, -0.15) is 0 Å². The largest absolute Gasteiger partial charge is 0.338 e. The van der Waals surface area contributed by atoms with Gasteiger partial charge < -0.3 is 4.90 Å². The molecule has 2 aromatic carbocycles. The van der Waals surface area contributed by atoms with Crippen LogP contribution in [0.1, 0.15) is 34.8 Å². The lowest BCUT2D eigenvalue weighted by molar-refractivity contribution is -0.142. The molecule has 0 aliphatic carbocycles. The van der Waals surface area contributed by atoms with Crippen molar-refractivity contribution in [2.24, 2.45) is 5.92 Å². The molecule has 1 saturated heterocycles. The van der Waals surface area contributed by atoms with E-state index < -0.39 is 5.92 Å². The Hall–Kier alpha value is -3.15. The molecule has 1 fully saturated rings. The van der Waals surface area contributed by atoms with Gasteiger partial charge in [0.25, 0.3) is 5.91 Å². The molecule has 3 rings (SSSR count). The van der Waals surface area contributed by atoms with Crippen LogP contribution in [0, 0.1) is 5.92 Å². The van der Waals surface area contributed by atoms with E-state index in [9.17, 15) is 14.4 Å². The van der Waals surface area contributed by atoms with Crippen molar-refractivity contribution in [2.45, 2.75) is 18.9 Å². The summed E-state index contributed by atoms with van der Waals surface area (Å²) in [4.78, 5) is 38.6. The number of nitrogens with zero attached hydrogens (tertiary/aromatic N) is 1. The SMILES string of the molecule is CN1C(=O)CC[C@H](C(=O)NNC(=O)c2ccccc2)[C@H]1c1ccccc1. The van der Waals surface area contributed by atoms with E-state index in [0.717, 1.165) is 5.56 Å². The maximum Gasteiger partial charge on any atom is 0.269 e. The number of amides is 3. The van der Waals surface area contributed by atoms with Gasteiger partial charge in [0.15, 0.2) is 0 Å². The Kier molecular flexibility index (Phi) is 5.31. The van der Waals surface area contributed by atoms with E-state index in [2.05, 4.69) is 10.9 Å². The van der Waals surface area contributed by atoms with Crippen molar-refractivity contribution in [3.05, 3.63) is 71.8 Å². The van der Waals surface area contributed by atoms with Crippen molar-refractivity contribution >= 4 is 17.7 Å². The molecule has 2 aromatic rings. The topological polar surface area (TPSA) is 78.5 Å². The molecule has 0 spiro atoms. The molecule has 134 valence electrons. The van der Waals surface area contributed by atoms with Crippen LogP contribution in [0.2, 0.25) is 0 Å². The number of carbonyl (C=O) groups excluding carboxylic acids is 3. The first-order chi connectivity index (χ1) is 12.6. The van der Waals surface area contributed by atoms with Gasteiger partial charge in [-0.25, -0.2) is 0 Å². The molecule has 0 bridgehead atoms. The van der Waals surface area contributed by atoms with Gasteiger partial charge >= 0.3 is 0 Å². The Morgan fingerprint density at radius 1 is 0.962 bits per heavy atom. The fourth-order valence-electron chi connectivity index (χ4n) is 3.29. The summed E-state index contributed by atoms with van der Waals surface area (Å²) in [5.41, 5.74) is 6.32. The molecule has 6 heteroatoms. The first-order valence-electron chi connectivity index (χ1n) is 8.54. The lowest BCUT2D eigenvalue weighted by atomic mass is 9.84. The summed E-state index contributed by atoms with van der Waals surface area (Å²) in [5, 5.41) is 0. The maximum atomic E-state index is 12.7. The first-order valence-corrected chi connectivity index (χ1v) is 8.54. The molecule has 0 aromatic heterocycles. The molecule has 2 atom stereocenters. The standard InChI is InChI=1S/C20H21N3O3/c1-23-17(24)13-12-16(18(23)14-8-4-2-5-9-14)20(26)22-21-19(25)15-10-6-3-7-11-15/h2-11,16,18H,12-13H2,1H3,(H,21,25)(H,22,26)/t16-,18+/m0/s1. The third kappa shape index (κ3) is 3.74. The highest BCUT2D eigenvalue weighted by Crippen LogP contribution is 2.35. The number of likely N-dealkylation sites (tertiary alicyclic amines) is 1. The van der Waals surface area contributed by atoms with Crippen molar-refractivity contribution in [1.82, 2.24) is 15.8 Å². The number of rotatable bonds is 3. The minimum absolute atomic E-state index is 0.0104. The van der Waals surface area contributed by atoms with Gasteiger partial charge in [-0.3, -0.25) is 25.2 Å². The zero-order valence-electron chi connectivity index (χ0n) is 14.5. The van der Waals surface area contributed by atoms with Crippen LogP contribution in [0.5, 0.6) is 0 Å². The molecule has 1 aliphatic rings. The smallest absolute Gasteiger partial charge is 0.269 e. The monoisotopic (exact) mass is 351 g/mol. The average molecular weight is 351 g/mol. The number of carbonyl (C=O) groups is 3. The zero-order chi connectivity index (χ0) is 18.5. The predicted octanol–water partition coefficient (Wildman–Crippen LogP) is 2.06. The maximum absolute atomic E-state index is 12.7. The number of hydrogen-bond donors (Lipinski definition) is 2. The summed E-state index contributed by atoms with van der Waals surface area (Å²) in [7, 11) is 1.71. The fraction of sp³-hybridized carbons (Fsp3) is 0.250. The van der Waals surface area contributed by atoms with Crippen molar-refractivity contribution < 1.29 is 14.4 Å². The molecule has 2 N–H and O–H groups in total. The van der Waals surface area contributed by atoms with Crippen LogP contribution >= 0.6 is 0 Å². The summed E-state index contributed by atoms with van der Waals surface area (Å²) in [6, 6.07) is 17.8. The van der Waals surface area contributed by atoms with Crippen LogP contribution in [0.25, 0.3) is 0 Å². The van der Waals surface area contributed by atoms with Crippen LogP contribution in [0.3, 0.4) is 0 Å². The summed E-state index contributed by atoms with van der Waals surface area (Å²) < 4.78 is 0. The quantitative estimate of drug-likeness (QED) is 0.831. The lowest BCUT2D eigenvalue weighted by Crippen LogP contribution is -2.50. The van der Waals surface area contributed by atoms with Crippen molar-refractivity contribution in [1.29, 1.82) is 0 Å². The van der Waals surface area contributed by atoms with E-state index in [1.807, 2.05) is 36.4 Å². The van der Waals surface area contributed by atoms with Crippen LogP contribution in [-0.2, 0) is 9.59 Å². The van der Waals surface area contributed by atoms with Crippen molar-refractivity contribution in [3.63, 3.8) is 0 Å². The number of nitrogens with one attached hydrogen (secondary N) is 2. The summed E-state index contributed by atoms with van der Waals surface area (Å²) in [6.45, 7) is 0. The van der Waals surface area contributed by atoms with Gasteiger partial charge in [-0.05, 0) is 24.1 Å². The molecule has 26 heavy (non-hydrogen) atoms. The Morgan fingerprint density at radius 2 is 1.58 bits per heavy atom. The Balaban J connectivity index is 1.72. The fourth-order valence-corrected chi connectivity index (χ4v) is 3.29. The second-order valence-corrected chi connectivity index (χ2v) is 6.31. The highest BCUT2D eigenvalue weighted by Gasteiger charge is 2.38. The molecule has 0 radical (unpaired) electrons. The summed E-state index contributed by atoms with van der Waals surface area (Å²) in [5.74, 6) is -1.11. The molecular weight excluding hydrogens is 330 g/mol. The zero-order valence-corrected chi connectivity index (χ0v) is 14.5. The third-order valence-corrected chi connectivity index (χ3v) is 4.67. The van der Waals surface area contributed by atoms with E-state index in [1.54, 1.807) is 36.2 Å². The lowest BCUT2D eigenvalue weighted by Gasteiger charge is -2.38. The average Bonchev–Trinajstić information content (AvgIpc) is 2.69. The number of piperidine rings is 1. The van der Waals surface area contributed by atoms with Crippen molar-refractivity contribution in [3.8, 4) is 0 Å². The van der Waals surface area contributed by atoms with Gasteiger partial charge in [-0.1, -0.05) is 48.5 Å². The van der Waals surface area contributed by atoms with E-state index in [-0.39, 0.29) is 23.8 Å². The Bertz CT molecular complexity index is 792. The number of benzene rings is 2. The predicted molar refractivity (Wildman–Crippen MR) is 96.7 cm³/mol. The minimum Gasteiger partial charge on any atom is -0.338 e. The third-order valence-electron chi connectivity index (χ3n) is 4.67. The molecule has 0 saturated carbocycles. The van der Waals surface area contributed by atoms with Gasteiger partial charge in [0.2, 0.25) is 11.8 Å². The van der Waals surface area contributed by atoms with E-state index in [4.69, 9.17) is 0 Å². The number of hydrogen-bond acceptors (Lipinski definition) is 3. The molecule has 1 heterocycles. The van der Waals surface area contributed by atoms with E-state index >= 15 is 0 Å². The van der Waals surface area contributed by atoms with Gasteiger partial charge in [0, 0.05) is 19.0 Å². The normalized spacial score (nSPS) is 19.7. The molecule has 1 aliphatic heterocycles. The first kappa shape index (κ1) is 17.7. The summed E-state index contributed by atoms with van der Waals surface area (Å²) >= 11 is 0. The van der Waals surface area contributed by atoms with Gasteiger partial charge in [0.05, 0.1) is 12.0 Å². The Morgan fingerprint density at radius 3 is 2.23 bits per heavy atom.